The molecule has 100 valence electrons. The Labute approximate surface area is 114 Å². The van der Waals surface area contributed by atoms with Gasteiger partial charge in [0.05, 0.1) is 12.6 Å². The molecule has 5 nitrogen and oxygen atoms in total. The van der Waals surface area contributed by atoms with Crippen LogP contribution >= 0.6 is 15.9 Å². The van der Waals surface area contributed by atoms with Crippen LogP contribution in [0.1, 0.15) is 18.6 Å². The van der Waals surface area contributed by atoms with Crippen molar-refractivity contribution in [2.24, 2.45) is 0 Å². The Hall–Kier alpha value is -0.850. The Morgan fingerprint density at radius 2 is 2.22 bits per heavy atom. The molecule has 1 N–H and O–H groups in total. The van der Waals surface area contributed by atoms with E-state index in [4.69, 9.17) is 14.3 Å². The molecule has 6 heteroatoms. The Kier molecular flexibility index (Phi) is 4.79. The average Bonchev–Trinajstić information content (AvgIpc) is 2.74. The molecule has 1 aliphatic heterocycles. The molecule has 0 aliphatic carbocycles. The maximum atomic E-state index is 10.4. The van der Waals surface area contributed by atoms with E-state index >= 15 is 0 Å². The van der Waals surface area contributed by atoms with E-state index in [-0.39, 0.29) is 12.7 Å². The first-order chi connectivity index (χ1) is 8.63. The summed E-state index contributed by atoms with van der Waals surface area (Å²) in [6.07, 6.45) is 1.81. The van der Waals surface area contributed by atoms with Gasteiger partial charge in [-0.2, -0.15) is 0 Å². The smallest absolute Gasteiger partial charge is 0.329 e. The van der Waals surface area contributed by atoms with Gasteiger partial charge in [0.15, 0.2) is 4.67 Å². The minimum Gasteiger partial charge on any atom is -0.480 e. The molecule has 0 saturated carbocycles. The monoisotopic (exact) mass is 317 g/mol. The third-order valence-electron chi connectivity index (χ3n) is 2.99. The van der Waals surface area contributed by atoms with Crippen LogP contribution in [0.3, 0.4) is 0 Å². The first-order valence-corrected chi connectivity index (χ1v) is 6.73. The molecule has 0 aromatic carbocycles. The summed E-state index contributed by atoms with van der Waals surface area (Å²) in [6.45, 7) is 2.40. The van der Waals surface area contributed by atoms with Crippen LogP contribution in [-0.4, -0.2) is 41.8 Å². The van der Waals surface area contributed by atoms with E-state index in [9.17, 15) is 4.79 Å². The number of aliphatic carboxylic acids is 1. The Bertz CT molecular complexity index is 399. The first-order valence-electron chi connectivity index (χ1n) is 5.93. The molecule has 1 saturated heterocycles. The summed E-state index contributed by atoms with van der Waals surface area (Å²) in [6, 6.07) is 3.84. The number of likely N-dealkylation sites (tertiary alicyclic amines) is 1. The van der Waals surface area contributed by atoms with Gasteiger partial charge in [0.2, 0.25) is 0 Å². The minimum absolute atomic E-state index is 0.0701. The van der Waals surface area contributed by atoms with Crippen LogP contribution in [0, 0.1) is 0 Å². The second-order valence-corrected chi connectivity index (χ2v) is 5.17. The van der Waals surface area contributed by atoms with Gasteiger partial charge in [-0.3, -0.25) is 4.90 Å². The van der Waals surface area contributed by atoms with E-state index < -0.39 is 5.97 Å². The second kappa shape index (κ2) is 6.36. The fraction of sp³-hybridized carbons (Fsp3) is 0.583. The molecular weight excluding hydrogens is 302 g/mol. The predicted molar refractivity (Wildman–Crippen MR) is 68.3 cm³/mol. The zero-order valence-electron chi connectivity index (χ0n) is 9.97. The topological polar surface area (TPSA) is 62.9 Å². The number of hydrogen-bond acceptors (Lipinski definition) is 4. The molecule has 18 heavy (non-hydrogen) atoms. The number of carboxylic acids is 1. The minimum atomic E-state index is -0.905. The number of nitrogens with zero attached hydrogens (tertiary/aromatic N) is 1. The number of carbonyl (C=O) groups is 1. The summed E-state index contributed by atoms with van der Waals surface area (Å²) in [5, 5.41) is 8.54. The summed E-state index contributed by atoms with van der Waals surface area (Å²) in [5.74, 6) is 0.0321. The highest BCUT2D eigenvalue weighted by molar-refractivity contribution is 9.10. The summed E-state index contributed by atoms with van der Waals surface area (Å²) in [7, 11) is 0. The van der Waals surface area contributed by atoms with E-state index in [0.29, 0.717) is 0 Å². The lowest BCUT2D eigenvalue weighted by Crippen LogP contribution is -2.37. The average molecular weight is 318 g/mol. The van der Waals surface area contributed by atoms with Crippen molar-refractivity contribution in [2.45, 2.75) is 25.5 Å². The van der Waals surface area contributed by atoms with Crippen molar-refractivity contribution in [3.05, 3.63) is 22.6 Å². The number of halogens is 1. The molecule has 0 unspecified atom stereocenters. The number of carboxylic acid groups (broad SMARTS) is 1. The van der Waals surface area contributed by atoms with Crippen molar-refractivity contribution in [3.8, 4) is 0 Å². The van der Waals surface area contributed by atoms with E-state index in [2.05, 4.69) is 20.8 Å². The van der Waals surface area contributed by atoms with Gasteiger partial charge in [-0.05, 0) is 40.9 Å². The van der Waals surface area contributed by atoms with E-state index in [0.717, 1.165) is 42.9 Å². The summed E-state index contributed by atoms with van der Waals surface area (Å²) in [4.78, 5) is 12.7. The fourth-order valence-electron chi connectivity index (χ4n) is 2.08. The van der Waals surface area contributed by atoms with Crippen LogP contribution in [-0.2, 0) is 16.1 Å². The predicted octanol–water partition coefficient (Wildman–Crippen LogP) is 2.11. The lowest BCUT2D eigenvalue weighted by atomic mass is 10.1. The van der Waals surface area contributed by atoms with Gasteiger partial charge in [-0.25, -0.2) is 4.79 Å². The van der Waals surface area contributed by atoms with Crippen molar-refractivity contribution >= 4 is 21.9 Å². The maximum absolute atomic E-state index is 10.4. The summed E-state index contributed by atoms with van der Waals surface area (Å²) >= 11 is 3.28. The van der Waals surface area contributed by atoms with Gasteiger partial charge in [-0.15, -0.1) is 0 Å². The molecule has 2 rings (SSSR count). The largest absolute Gasteiger partial charge is 0.480 e. The molecule has 0 radical (unpaired) electrons. The molecule has 2 heterocycles. The molecule has 0 amide bonds. The van der Waals surface area contributed by atoms with Gasteiger partial charge in [0.1, 0.15) is 12.4 Å². The van der Waals surface area contributed by atoms with Crippen LogP contribution in [0.4, 0.5) is 0 Å². The van der Waals surface area contributed by atoms with E-state index in [1.807, 2.05) is 12.1 Å². The van der Waals surface area contributed by atoms with Crippen molar-refractivity contribution in [2.75, 3.05) is 19.7 Å². The zero-order chi connectivity index (χ0) is 13.0. The fourth-order valence-corrected chi connectivity index (χ4v) is 2.42. The number of hydrogen-bond donors (Lipinski definition) is 1. The lowest BCUT2D eigenvalue weighted by molar-refractivity contribution is -0.145. The third-order valence-corrected chi connectivity index (χ3v) is 3.41. The zero-order valence-corrected chi connectivity index (χ0v) is 11.6. The summed E-state index contributed by atoms with van der Waals surface area (Å²) in [5.41, 5.74) is 0. The number of furan rings is 1. The van der Waals surface area contributed by atoms with Gasteiger partial charge in [-0.1, -0.05) is 0 Å². The standard InChI is InChI=1S/C12H16BrNO4/c13-11-2-1-10(18-11)7-14-5-3-9(4-6-14)17-8-12(15)16/h1-2,9H,3-8H2,(H,15,16). The molecular formula is C12H16BrNO4. The first kappa shape index (κ1) is 13.6. The quantitative estimate of drug-likeness (QED) is 0.901. The summed E-state index contributed by atoms with van der Waals surface area (Å²) < 4.78 is 11.5. The van der Waals surface area contributed by atoms with Crippen molar-refractivity contribution < 1.29 is 19.1 Å². The van der Waals surface area contributed by atoms with Crippen LogP contribution in [0.15, 0.2) is 21.2 Å². The molecule has 0 atom stereocenters. The van der Waals surface area contributed by atoms with Crippen LogP contribution in [0.2, 0.25) is 0 Å². The number of ether oxygens (including phenoxy) is 1. The molecule has 1 aliphatic rings. The van der Waals surface area contributed by atoms with Gasteiger partial charge in [0, 0.05) is 13.1 Å². The highest BCUT2D eigenvalue weighted by atomic mass is 79.9. The normalized spacial score (nSPS) is 18.1. The Balaban J connectivity index is 1.71. The lowest BCUT2D eigenvalue weighted by Gasteiger charge is -2.30. The molecule has 1 aromatic rings. The highest BCUT2D eigenvalue weighted by Crippen LogP contribution is 2.19. The van der Waals surface area contributed by atoms with Crippen LogP contribution < -0.4 is 0 Å². The number of rotatable bonds is 5. The van der Waals surface area contributed by atoms with Crippen LogP contribution in [0.25, 0.3) is 0 Å². The molecule has 0 bridgehead atoms. The van der Waals surface area contributed by atoms with Gasteiger partial charge < -0.3 is 14.3 Å². The molecule has 1 fully saturated rings. The highest BCUT2D eigenvalue weighted by Gasteiger charge is 2.21. The molecule has 1 aromatic heterocycles. The molecule has 0 spiro atoms. The Morgan fingerprint density at radius 3 is 2.78 bits per heavy atom. The van der Waals surface area contributed by atoms with Crippen molar-refractivity contribution in [3.63, 3.8) is 0 Å². The maximum Gasteiger partial charge on any atom is 0.329 e. The van der Waals surface area contributed by atoms with Crippen molar-refractivity contribution in [1.29, 1.82) is 0 Å². The van der Waals surface area contributed by atoms with E-state index in [1.165, 1.54) is 0 Å². The third kappa shape index (κ3) is 4.12. The van der Waals surface area contributed by atoms with Crippen molar-refractivity contribution in [1.82, 2.24) is 4.90 Å². The number of piperidine rings is 1. The Morgan fingerprint density at radius 1 is 1.50 bits per heavy atom. The second-order valence-electron chi connectivity index (χ2n) is 4.39. The van der Waals surface area contributed by atoms with Gasteiger partial charge in [0.25, 0.3) is 0 Å². The van der Waals surface area contributed by atoms with E-state index in [1.54, 1.807) is 0 Å². The van der Waals surface area contributed by atoms with Crippen LogP contribution in [0.5, 0.6) is 0 Å². The SMILES string of the molecule is O=C(O)COC1CCN(Cc2ccc(Br)o2)CC1. The van der Waals surface area contributed by atoms with Gasteiger partial charge >= 0.3 is 5.97 Å².